The molecule has 32 heavy (non-hydrogen) atoms. The highest BCUT2D eigenvalue weighted by atomic mass is 16.7. The standard InChI is InChI=1S/C28H56O4/c1-4-7-9-20-25-31-28(32-26-21-10-8-5-2)22-18-16-14-12-11-13-15-17-19-24-30-27-29-23-6-3/h19,24,28H,4-18,20-23,25-27H2,1-3H3. The van der Waals surface area contributed by atoms with Gasteiger partial charge in [0.2, 0.25) is 0 Å². The Hall–Kier alpha value is -0.580. The summed E-state index contributed by atoms with van der Waals surface area (Å²) >= 11 is 0. The van der Waals surface area contributed by atoms with Crippen molar-refractivity contribution in [3.8, 4) is 0 Å². The van der Waals surface area contributed by atoms with E-state index in [-0.39, 0.29) is 6.29 Å². The lowest BCUT2D eigenvalue weighted by Gasteiger charge is -2.19. The van der Waals surface area contributed by atoms with E-state index < -0.39 is 0 Å². The predicted molar refractivity (Wildman–Crippen MR) is 137 cm³/mol. The fraction of sp³-hybridized carbons (Fsp3) is 0.929. The van der Waals surface area contributed by atoms with Gasteiger partial charge in [0.05, 0.1) is 12.9 Å². The largest absolute Gasteiger partial charge is 0.475 e. The number of hydrogen-bond donors (Lipinski definition) is 0. The summed E-state index contributed by atoms with van der Waals surface area (Å²) in [5, 5.41) is 0. The van der Waals surface area contributed by atoms with Gasteiger partial charge in [0, 0.05) is 13.2 Å². The summed E-state index contributed by atoms with van der Waals surface area (Å²) < 4.78 is 22.7. The monoisotopic (exact) mass is 456 g/mol. The number of allylic oxidation sites excluding steroid dienone is 1. The number of unbranched alkanes of at least 4 members (excludes halogenated alkanes) is 13. The molecule has 0 rings (SSSR count). The quantitative estimate of drug-likeness (QED) is 0.0702. The van der Waals surface area contributed by atoms with E-state index in [2.05, 4.69) is 26.8 Å². The van der Waals surface area contributed by atoms with Crippen molar-refractivity contribution in [3.05, 3.63) is 12.3 Å². The number of ether oxygens (including phenoxy) is 4. The SMILES string of the molecule is CCCCCCOC(CCCCCCCCCC=COCOCCC)OCCCCCC. The zero-order chi connectivity index (χ0) is 23.4. The average molecular weight is 457 g/mol. The molecule has 0 N–H and O–H groups in total. The Bertz CT molecular complexity index is 345. The summed E-state index contributed by atoms with van der Waals surface area (Å²) in [6.45, 7) is 9.45. The van der Waals surface area contributed by atoms with E-state index in [1.807, 2.05) is 0 Å². The maximum atomic E-state index is 6.07. The first-order valence-electron chi connectivity index (χ1n) is 13.9. The van der Waals surface area contributed by atoms with Crippen LogP contribution in [0.3, 0.4) is 0 Å². The van der Waals surface area contributed by atoms with Gasteiger partial charge in [-0.25, -0.2) is 0 Å². The third-order valence-electron chi connectivity index (χ3n) is 5.61. The highest BCUT2D eigenvalue weighted by Gasteiger charge is 2.09. The molecular formula is C28H56O4. The van der Waals surface area contributed by atoms with Gasteiger partial charge in [-0.2, -0.15) is 0 Å². The summed E-state index contributed by atoms with van der Waals surface area (Å²) in [7, 11) is 0. The maximum Gasteiger partial charge on any atom is 0.188 e. The molecule has 0 aliphatic rings. The number of rotatable bonds is 27. The molecule has 4 nitrogen and oxygen atoms in total. The Balaban J connectivity index is 3.63. The minimum atomic E-state index is 0.0135. The fourth-order valence-corrected chi connectivity index (χ4v) is 3.59. The first-order chi connectivity index (χ1) is 15.8. The van der Waals surface area contributed by atoms with Crippen molar-refractivity contribution in [3.63, 3.8) is 0 Å². The molecule has 0 aromatic heterocycles. The van der Waals surface area contributed by atoms with Gasteiger partial charge in [-0.3, -0.25) is 0 Å². The van der Waals surface area contributed by atoms with Gasteiger partial charge >= 0.3 is 0 Å². The molecule has 0 unspecified atom stereocenters. The zero-order valence-corrected chi connectivity index (χ0v) is 21.9. The predicted octanol–water partition coefficient (Wildman–Crippen LogP) is 8.93. The molecule has 0 radical (unpaired) electrons. The molecule has 0 amide bonds. The topological polar surface area (TPSA) is 36.9 Å². The highest BCUT2D eigenvalue weighted by molar-refractivity contribution is 4.72. The molecule has 0 saturated carbocycles. The van der Waals surface area contributed by atoms with Crippen LogP contribution in [-0.2, 0) is 18.9 Å². The molecule has 0 heterocycles. The molecular weight excluding hydrogens is 400 g/mol. The van der Waals surface area contributed by atoms with E-state index in [0.29, 0.717) is 6.79 Å². The van der Waals surface area contributed by atoms with Gasteiger partial charge < -0.3 is 18.9 Å². The lowest BCUT2D eigenvalue weighted by atomic mass is 10.1. The molecule has 0 aliphatic carbocycles. The Morgan fingerprint density at radius 2 is 1.12 bits per heavy atom. The Kier molecular flexibility index (Phi) is 27.9. The van der Waals surface area contributed by atoms with E-state index in [1.54, 1.807) is 6.26 Å². The normalized spacial score (nSPS) is 11.8. The second-order valence-electron chi connectivity index (χ2n) is 8.91. The first-order valence-corrected chi connectivity index (χ1v) is 13.9. The van der Waals surface area contributed by atoms with E-state index in [4.69, 9.17) is 18.9 Å². The van der Waals surface area contributed by atoms with Crippen LogP contribution >= 0.6 is 0 Å². The van der Waals surface area contributed by atoms with Gasteiger partial charge in [0.1, 0.15) is 0 Å². The van der Waals surface area contributed by atoms with Crippen molar-refractivity contribution in [2.24, 2.45) is 0 Å². The van der Waals surface area contributed by atoms with Crippen LogP contribution < -0.4 is 0 Å². The van der Waals surface area contributed by atoms with Crippen molar-refractivity contribution in [1.82, 2.24) is 0 Å². The summed E-state index contributed by atoms with van der Waals surface area (Å²) in [6.07, 6.45) is 26.2. The Morgan fingerprint density at radius 1 is 0.562 bits per heavy atom. The van der Waals surface area contributed by atoms with E-state index >= 15 is 0 Å². The van der Waals surface area contributed by atoms with Gasteiger partial charge in [-0.15, -0.1) is 0 Å². The van der Waals surface area contributed by atoms with Crippen LogP contribution in [-0.4, -0.2) is 32.9 Å². The van der Waals surface area contributed by atoms with E-state index in [0.717, 1.165) is 51.9 Å². The summed E-state index contributed by atoms with van der Waals surface area (Å²) in [4.78, 5) is 0. The van der Waals surface area contributed by atoms with Crippen molar-refractivity contribution in [1.29, 1.82) is 0 Å². The summed E-state index contributed by atoms with van der Waals surface area (Å²) in [5.41, 5.74) is 0. The molecule has 0 bridgehead atoms. The molecule has 0 aromatic carbocycles. The van der Waals surface area contributed by atoms with Crippen LogP contribution in [0.1, 0.15) is 136 Å². The first kappa shape index (κ1) is 31.4. The van der Waals surface area contributed by atoms with Gasteiger partial charge in [0.25, 0.3) is 0 Å². The molecule has 4 heteroatoms. The van der Waals surface area contributed by atoms with Crippen LogP contribution in [0.2, 0.25) is 0 Å². The van der Waals surface area contributed by atoms with E-state index in [1.165, 1.54) is 83.5 Å². The van der Waals surface area contributed by atoms with Crippen LogP contribution in [0.5, 0.6) is 0 Å². The van der Waals surface area contributed by atoms with Crippen LogP contribution in [0.25, 0.3) is 0 Å². The average Bonchev–Trinajstić information content (AvgIpc) is 2.80. The lowest BCUT2D eigenvalue weighted by Crippen LogP contribution is -2.19. The molecule has 0 aromatic rings. The summed E-state index contributed by atoms with van der Waals surface area (Å²) in [5.74, 6) is 0. The zero-order valence-electron chi connectivity index (χ0n) is 21.9. The maximum absolute atomic E-state index is 6.07. The van der Waals surface area contributed by atoms with Crippen molar-refractivity contribution < 1.29 is 18.9 Å². The van der Waals surface area contributed by atoms with Crippen molar-refractivity contribution >= 4 is 0 Å². The van der Waals surface area contributed by atoms with Crippen LogP contribution in [0, 0.1) is 0 Å². The van der Waals surface area contributed by atoms with Gasteiger partial charge in [0.15, 0.2) is 13.1 Å². The fourth-order valence-electron chi connectivity index (χ4n) is 3.59. The Labute approximate surface area is 200 Å². The number of hydrogen-bond acceptors (Lipinski definition) is 4. The highest BCUT2D eigenvalue weighted by Crippen LogP contribution is 2.14. The second-order valence-corrected chi connectivity index (χ2v) is 8.91. The van der Waals surface area contributed by atoms with E-state index in [9.17, 15) is 0 Å². The minimum Gasteiger partial charge on any atom is -0.475 e. The lowest BCUT2D eigenvalue weighted by molar-refractivity contribution is -0.148. The summed E-state index contributed by atoms with van der Waals surface area (Å²) in [6, 6.07) is 0. The van der Waals surface area contributed by atoms with Crippen LogP contribution in [0.15, 0.2) is 12.3 Å². The molecule has 0 aliphatic heterocycles. The molecule has 0 spiro atoms. The van der Waals surface area contributed by atoms with Crippen LogP contribution in [0.4, 0.5) is 0 Å². The van der Waals surface area contributed by atoms with Crippen molar-refractivity contribution in [2.75, 3.05) is 26.6 Å². The molecule has 192 valence electrons. The molecule has 0 fully saturated rings. The molecule has 0 atom stereocenters. The molecule has 0 saturated heterocycles. The van der Waals surface area contributed by atoms with Gasteiger partial charge in [-0.05, 0) is 51.0 Å². The minimum absolute atomic E-state index is 0.0135. The smallest absolute Gasteiger partial charge is 0.188 e. The Morgan fingerprint density at radius 3 is 1.72 bits per heavy atom. The third kappa shape index (κ3) is 25.7. The third-order valence-corrected chi connectivity index (χ3v) is 5.61. The second kappa shape index (κ2) is 28.5. The van der Waals surface area contributed by atoms with Crippen molar-refractivity contribution in [2.45, 2.75) is 143 Å². The van der Waals surface area contributed by atoms with Gasteiger partial charge in [-0.1, -0.05) is 91.4 Å².